The molecule has 10 heteroatoms. The number of carbonyl (C=O) groups is 1. The van der Waals surface area contributed by atoms with E-state index in [2.05, 4.69) is 14.9 Å². The molecular weight excluding hydrogens is 392 g/mol. The number of ether oxygens (including phenoxy) is 1. The Kier molecular flexibility index (Phi) is 5.33. The van der Waals surface area contributed by atoms with Gasteiger partial charge in [-0.15, -0.1) is 10.2 Å². The summed E-state index contributed by atoms with van der Waals surface area (Å²) in [7, 11) is -2.85. The molecule has 0 unspecified atom stereocenters. The van der Waals surface area contributed by atoms with Crippen LogP contribution in [0.1, 0.15) is 12.7 Å². The van der Waals surface area contributed by atoms with Gasteiger partial charge in [0.15, 0.2) is 5.65 Å². The van der Waals surface area contributed by atoms with Crippen LogP contribution >= 0.6 is 11.6 Å². The van der Waals surface area contributed by atoms with Gasteiger partial charge in [0.05, 0.1) is 12.8 Å². The standard InChI is InChI=1S/C17H17ClN4O4S/c1-3-15-19-20-16-9-8-14(10-21(15)16)27(24,25)22(11-17(23)26-2)13-6-4-12(18)5-7-13/h4-10H,3,11H2,1-2H3. The van der Waals surface area contributed by atoms with Crippen molar-refractivity contribution >= 4 is 38.9 Å². The summed E-state index contributed by atoms with van der Waals surface area (Å²) in [6.07, 6.45) is 2.04. The third-order valence-electron chi connectivity index (χ3n) is 3.97. The maximum Gasteiger partial charge on any atom is 0.326 e. The molecule has 0 amide bonds. The van der Waals surface area contributed by atoms with E-state index >= 15 is 0 Å². The van der Waals surface area contributed by atoms with Crippen molar-refractivity contribution in [1.82, 2.24) is 14.6 Å². The van der Waals surface area contributed by atoms with Gasteiger partial charge in [-0.25, -0.2) is 8.42 Å². The quantitative estimate of drug-likeness (QED) is 0.581. The Hall–Kier alpha value is -2.65. The summed E-state index contributed by atoms with van der Waals surface area (Å²) in [5, 5.41) is 8.48. The number of nitrogens with zero attached hydrogens (tertiary/aromatic N) is 4. The Bertz CT molecular complexity index is 1080. The Balaban J connectivity index is 2.11. The van der Waals surface area contributed by atoms with Gasteiger partial charge in [0.1, 0.15) is 17.3 Å². The number of aryl methyl sites for hydroxylation is 1. The van der Waals surface area contributed by atoms with Crippen LogP contribution in [0.5, 0.6) is 0 Å². The minimum atomic E-state index is -4.05. The molecule has 0 fully saturated rings. The summed E-state index contributed by atoms with van der Waals surface area (Å²) < 4.78 is 33.8. The van der Waals surface area contributed by atoms with E-state index < -0.39 is 22.5 Å². The third kappa shape index (κ3) is 3.74. The lowest BCUT2D eigenvalue weighted by Gasteiger charge is -2.23. The molecule has 8 nitrogen and oxygen atoms in total. The first-order valence-electron chi connectivity index (χ1n) is 8.05. The molecule has 2 heterocycles. The van der Waals surface area contributed by atoms with E-state index in [1.807, 2.05) is 6.92 Å². The Morgan fingerprint density at radius 1 is 1.19 bits per heavy atom. The highest BCUT2D eigenvalue weighted by Crippen LogP contribution is 2.25. The molecule has 0 saturated carbocycles. The zero-order valence-corrected chi connectivity index (χ0v) is 16.2. The molecule has 142 valence electrons. The molecule has 0 bridgehead atoms. The number of hydrogen-bond acceptors (Lipinski definition) is 6. The van der Waals surface area contributed by atoms with Crippen molar-refractivity contribution < 1.29 is 17.9 Å². The summed E-state index contributed by atoms with van der Waals surface area (Å²) in [5.74, 6) is -0.0544. The maximum absolute atomic E-state index is 13.3. The highest BCUT2D eigenvalue weighted by Gasteiger charge is 2.28. The average molecular weight is 409 g/mol. The van der Waals surface area contributed by atoms with Crippen LogP contribution in [0, 0.1) is 0 Å². The van der Waals surface area contributed by atoms with Gasteiger partial charge in [0.25, 0.3) is 10.0 Å². The number of benzene rings is 1. The second-order valence-corrected chi connectivity index (χ2v) is 7.93. The van der Waals surface area contributed by atoms with Crippen LogP contribution in [0.2, 0.25) is 5.02 Å². The smallest absolute Gasteiger partial charge is 0.326 e. The normalized spacial score (nSPS) is 11.5. The molecule has 0 aliphatic carbocycles. The first-order chi connectivity index (χ1) is 12.9. The highest BCUT2D eigenvalue weighted by molar-refractivity contribution is 7.92. The van der Waals surface area contributed by atoms with Gasteiger partial charge in [-0.1, -0.05) is 18.5 Å². The second kappa shape index (κ2) is 7.53. The van der Waals surface area contributed by atoms with Crippen molar-refractivity contribution in [3.05, 3.63) is 53.4 Å². The lowest BCUT2D eigenvalue weighted by atomic mass is 10.3. The summed E-state index contributed by atoms with van der Waals surface area (Å²) in [5.41, 5.74) is 0.834. The summed E-state index contributed by atoms with van der Waals surface area (Å²) >= 11 is 5.89. The fourth-order valence-electron chi connectivity index (χ4n) is 2.54. The first kappa shape index (κ1) is 19.1. The topological polar surface area (TPSA) is 93.9 Å². The number of carbonyl (C=O) groups excluding carboxylic acids is 1. The van der Waals surface area contributed by atoms with Gasteiger partial charge in [0, 0.05) is 17.6 Å². The van der Waals surface area contributed by atoms with E-state index in [0.29, 0.717) is 28.6 Å². The summed E-state index contributed by atoms with van der Waals surface area (Å²) in [6.45, 7) is 1.43. The van der Waals surface area contributed by atoms with E-state index in [1.54, 1.807) is 22.6 Å². The van der Waals surface area contributed by atoms with Gasteiger partial charge in [-0.05, 0) is 36.4 Å². The van der Waals surface area contributed by atoms with Crippen molar-refractivity contribution in [2.24, 2.45) is 0 Å². The number of rotatable bonds is 6. The fourth-order valence-corrected chi connectivity index (χ4v) is 4.08. The molecule has 3 aromatic rings. The third-order valence-corrected chi connectivity index (χ3v) is 5.97. The van der Waals surface area contributed by atoms with E-state index in [1.165, 1.54) is 31.5 Å². The van der Waals surface area contributed by atoms with Crippen molar-refractivity contribution in [2.75, 3.05) is 18.0 Å². The number of aromatic nitrogens is 3. The zero-order valence-electron chi connectivity index (χ0n) is 14.7. The molecule has 0 aliphatic heterocycles. The van der Waals surface area contributed by atoms with Crippen molar-refractivity contribution in [3.8, 4) is 0 Å². The minimum absolute atomic E-state index is 0.00310. The second-order valence-electron chi connectivity index (χ2n) is 5.63. The first-order valence-corrected chi connectivity index (χ1v) is 9.87. The molecule has 2 aromatic heterocycles. The monoisotopic (exact) mass is 408 g/mol. The number of fused-ring (bicyclic) bond motifs is 1. The van der Waals surface area contributed by atoms with Crippen LogP contribution in [0.4, 0.5) is 5.69 Å². The Labute approximate surface area is 161 Å². The van der Waals surface area contributed by atoms with Gasteiger partial charge in [0.2, 0.25) is 0 Å². The SMILES string of the molecule is CCc1nnc2ccc(S(=O)(=O)N(CC(=O)OC)c3ccc(Cl)cc3)cn12. The van der Waals surface area contributed by atoms with Crippen LogP contribution in [0.3, 0.4) is 0 Å². The van der Waals surface area contributed by atoms with Crippen LogP contribution in [-0.4, -0.2) is 42.6 Å². The number of halogens is 1. The molecule has 27 heavy (non-hydrogen) atoms. The van der Waals surface area contributed by atoms with Gasteiger partial charge < -0.3 is 4.74 Å². The van der Waals surface area contributed by atoms with Crippen LogP contribution in [0.15, 0.2) is 47.5 Å². The van der Waals surface area contributed by atoms with Crippen LogP contribution in [-0.2, 0) is 26.0 Å². The minimum Gasteiger partial charge on any atom is -0.468 e. The Morgan fingerprint density at radius 2 is 1.89 bits per heavy atom. The lowest BCUT2D eigenvalue weighted by Crippen LogP contribution is -2.36. The molecule has 0 aliphatic rings. The van der Waals surface area contributed by atoms with Crippen LogP contribution in [0.25, 0.3) is 5.65 Å². The van der Waals surface area contributed by atoms with Gasteiger partial charge in [-0.3, -0.25) is 13.5 Å². The summed E-state index contributed by atoms with van der Waals surface area (Å²) in [6, 6.07) is 9.15. The fraction of sp³-hybridized carbons (Fsp3) is 0.235. The maximum atomic E-state index is 13.3. The van der Waals surface area contributed by atoms with E-state index in [9.17, 15) is 13.2 Å². The largest absolute Gasteiger partial charge is 0.468 e. The van der Waals surface area contributed by atoms with Crippen molar-refractivity contribution in [3.63, 3.8) is 0 Å². The molecule has 0 radical (unpaired) electrons. The van der Waals surface area contributed by atoms with Crippen molar-refractivity contribution in [2.45, 2.75) is 18.2 Å². The van der Waals surface area contributed by atoms with Crippen LogP contribution < -0.4 is 4.31 Å². The summed E-state index contributed by atoms with van der Waals surface area (Å²) in [4.78, 5) is 11.8. The molecule has 0 saturated heterocycles. The average Bonchev–Trinajstić information content (AvgIpc) is 3.09. The highest BCUT2D eigenvalue weighted by atomic mass is 35.5. The number of hydrogen-bond donors (Lipinski definition) is 0. The molecule has 0 spiro atoms. The molecule has 0 atom stereocenters. The van der Waals surface area contributed by atoms with E-state index in [4.69, 9.17) is 11.6 Å². The molecular formula is C17H17ClN4O4S. The lowest BCUT2D eigenvalue weighted by molar-refractivity contribution is -0.138. The van der Waals surface area contributed by atoms with E-state index in [-0.39, 0.29) is 4.90 Å². The van der Waals surface area contributed by atoms with Gasteiger partial charge in [-0.2, -0.15) is 0 Å². The predicted octanol–water partition coefficient (Wildman–Crippen LogP) is 2.31. The molecule has 0 N–H and O–H groups in total. The molecule has 3 rings (SSSR count). The number of sulfonamides is 1. The number of esters is 1. The Morgan fingerprint density at radius 3 is 2.52 bits per heavy atom. The number of methoxy groups -OCH3 is 1. The number of anilines is 1. The predicted molar refractivity (Wildman–Crippen MR) is 100 cm³/mol. The van der Waals surface area contributed by atoms with E-state index in [0.717, 1.165) is 4.31 Å². The van der Waals surface area contributed by atoms with Crippen molar-refractivity contribution in [1.29, 1.82) is 0 Å². The number of pyridine rings is 1. The van der Waals surface area contributed by atoms with Gasteiger partial charge >= 0.3 is 5.97 Å². The zero-order chi connectivity index (χ0) is 19.6. The molecule has 1 aromatic carbocycles.